The molecule has 1 fully saturated rings. The van der Waals surface area contributed by atoms with E-state index in [-0.39, 0.29) is 5.91 Å². The van der Waals surface area contributed by atoms with Crippen molar-refractivity contribution in [1.29, 1.82) is 0 Å². The Kier molecular flexibility index (Phi) is 5.62. The average Bonchev–Trinajstić information content (AvgIpc) is 3.30. The maximum absolute atomic E-state index is 13.8. The van der Waals surface area contributed by atoms with Crippen molar-refractivity contribution in [1.82, 2.24) is 9.55 Å². The number of carbonyl (C=O) groups excluding carboxylic acids is 1. The molecule has 6 heteroatoms. The summed E-state index contributed by atoms with van der Waals surface area (Å²) in [6, 6.07) is 20.1. The molecule has 1 amide bonds. The number of nitrogens with zero attached hydrogens (tertiary/aromatic N) is 4. The fraction of sp³-hybridized carbons (Fsp3) is 0.179. The average molecular weight is 467 g/mol. The molecule has 5 rings (SSSR count). The van der Waals surface area contributed by atoms with Gasteiger partial charge in [-0.25, -0.2) is 9.98 Å². The highest BCUT2D eigenvalue weighted by Gasteiger charge is 2.36. The lowest BCUT2D eigenvalue weighted by atomic mass is 10.1. The third-order valence-corrected chi connectivity index (χ3v) is 7.47. The van der Waals surface area contributed by atoms with Crippen LogP contribution in [0.5, 0.6) is 0 Å². The first-order chi connectivity index (χ1) is 16.3. The molecular formula is C28H26N4OS. The summed E-state index contributed by atoms with van der Waals surface area (Å²) < 4.78 is 2.01. The summed E-state index contributed by atoms with van der Waals surface area (Å²) in [6.07, 6.45) is 1.87. The van der Waals surface area contributed by atoms with Crippen molar-refractivity contribution in [3.05, 3.63) is 93.6 Å². The molecule has 1 aliphatic heterocycles. The minimum Gasteiger partial charge on any atom is -0.328 e. The van der Waals surface area contributed by atoms with Crippen molar-refractivity contribution in [2.45, 2.75) is 27.7 Å². The van der Waals surface area contributed by atoms with Gasteiger partial charge in [0.1, 0.15) is 5.82 Å². The Morgan fingerprint density at radius 3 is 2.35 bits per heavy atom. The molecule has 3 aromatic carbocycles. The molecule has 1 saturated heterocycles. The minimum atomic E-state index is -0.0881. The smallest absolute Gasteiger partial charge is 0.271 e. The number of para-hydroxylation sites is 2. The standard InChI is InChI=1S/C28H26N4OS/c1-17-10-8-13-21(19(17)3)30-28-32(23-15-9-11-18(2)20(23)4)27(33)25(34-28)16-26-29-22-12-6-7-14-24(22)31(26)5/h6-16H,1-5H3. The molecule has 0 N–H and O–H groups in total. The van der Waals surface area contributed by atoms with Crippen molar-refractivity contribution < 1.29 is 4.79 Å². The number of anilines is 1. The van der Waals surface area contributed by atoms with Gasteiger partial charge in [0.05, 0.1) is 27.3 Å². The van der Waals surface area contributed by atoms with E-state index in [4.69, 9.17) is 9.98 Å². The van der Waals surface area contributed by atoms with Gasteiger partial charge in [-0.05, 0) is 86.0 Å². The third-order valence-electron chi connectivity index (χ3n) is 6.50. The lowest BCUT2D eigenvalue weighted by molar-refractivity contribution is -0.113. The van der Waals surface area contributed by atoms with E-state index in [9.17, 15) is 4.79 Å². The molecule has 34 heavy (non-hydrogen) atoms. The van der Waals surface area contributed by atoms with Crippen molar-refractivity contribution in [2.24, 2.45) is 12.0 Å². The second kappa shape index (κ2) is 8.61. The van der Waals surface area contributed by atoms with Crippen LogP contribution in [0, 0.1) is 27.7 Å². The van der Waals surface area contributed by atoms with Gasteiger partial charge in [-0.2, -0.15) is 0 Å². The van der Waals surface area contributed by atoms with Crippen LogP contribution in [-0.4, -0.2) is 20.6 Å². The van der Waals surface area contributed by atoms with Gasteiger partial charge in [0.25, 0.3) is 5.91 Å². The number of hydrogen-bond donors (Lipinski definition) is 0. The first kappa shape index (κ1) is 22.2. The molecule has 5 nitrogen and oxygen atoms in total. The topological polar surface area (TPSA) is 50.5 Å². The zero-order chi connectivity index (χ0) is 24.0. The minimum absolute atomic E-state index is 0.0881. The number of benzene rings is 3. The molecule has 0 unspecified atom stereocenters. The van der Waals surface area contributed by atoms with Crippen molar-refractivity contribution >= 4 is 51.3 Å². The lowest BCUT2D eigenvalue weighted by Crippen LogP contribution is -2.29. The number of aliphatic imine (C=N–C) groups is 1. The van der Waals surface area contributed by atoms with Crippen LogP contribution in [0.3, 0.4) is 0 Å². The van der Waals surface area contributed by atoms with E-state index >= 15 is 0 Å². The van der Waals surface area contributed by atoms with E-state index in [1.54, 1.807) is 4.90 Å². The van der Waals surface area contributed by atoms with E-state index in [2.05, 4.69) is 32.9 Å². The number of aryl methyl sites for hydroxylation is 3. The largest absolute Gasteiger partial charge is 0.328 e. The Hall–Kier alpha value is -3.64. The Bertz CT molecular complexity index is 1510. The Morgan fingerprint density at radius 2 is 1.59 bits per heavy atom. The van der Waals surface area contributed by atoms with Crippen LogP contribution in [0.4, 0.5) is 11.4 Å². The molecule has 2 heterocycles. The second-order valence-corrected chi connectivity index (χ2v) is 9.61. The van der Waals surface area contributed by atoms with E-state index in [0.29, 0.717) is 10.1 Å². The number of hydrogen-bond acceptors (Lipinski definition) is 4. The highest BCUT2D eigenvalue weighted by molar-refractivity contribution is 8.19. The molecule has 0 atom stereocenters. The SMILES string of the molecule is Cc1cccc(N=C2SC(=Cc3nc4ccccc4n3C)C(=O)N2c2cccc(C)c2C)c1C. The molecule has 170 valence electrons. The van der Waals surface area contributed by atoms with Crippen molar-refractivity contribution in [3.63, 3.8) is 0 Å². The van der Waals surface area contributed by atoms with Crippen LogP contribution in [0.25, 0.3) is 17.1 Å². The van der Waals surface area contributed by atoms with Crippen LogP contribution in [-0.2, 0) is 11.8 Å². The normalized spacial score (nSPS) is 16.4. The number of amidine groups is 1. The summed E-state index contributed by atoms with van der Waals surface area (Å²) in [6.45, 7) is 8.25. The molecule has 0 saturated carbocycles. The van der Waals surface area contributed by atoms with E-state index in [1.165, 1.54) is 17.3 Å². The van der Waals surface area contributed by atoms with Gasteiger partial charge < -0.3 is 4.57 Å². The quantitative estimate of drug-likeness (QED) is 0.319. The maximum atomic E-state index is 13.8. The van der Waals surface area contributed by atoms with Crippen molar-refractivity contribution in [3.8, 4) is 0 Å². The predicted molar refractivity (Wildman–Crippen MR) is 143 cm³/mol. The Balaban J connectivity index is 1.66. The van der Waals surface area contributed by atoms with E-state index < -0.39 is 0 Å². The molecule has 1 aromatic heterocycles. The van der Waals surface area contributed by atoms with E-state index in [0.717, 1.165) is 44.9 Å². The number of rotatable bonds is 3. The molecule has 4 aromatic rings. The zero-order valence-corrected chi connectivity index (χ0v) is 20.8. The van der Waals surface area contributed by atoms with Crippen LogP contribution in [0.1, 0.15) is 28.1 Å². The molecule has 0 aliphatic carbocycles. The molecular weight excluding hydrogens is 440 g/mol. The number of aromatic nitrogens is 2. The lowest BCUT2D eigenvalue weighted by Gasteiger charge is -2.19. The summed E-state index contributed by atoms with van der Waals surface area (Å²) in [5.74, 6) is 0.653. The van der Waals surface area contributed by atoms with Gasteiger partial charge in [0, 0.05) is 13.1 Å². The number of carbonyl (C=O) groups is 1. The van der Waals surface area contributed by atoms with Crippen LogP contribution in [0.2, 0.25) is 0 Å². The van der Waals surface area contributed by atoms with Crippen LogP contribution < -0.4 is 4.90 Å². The monoisotopic (exact) mass is 466 g/mol. The Morgan fingerprint density at radius 1 is 0.882 bits per heavy atom. The summed E-state index contributed by atoms with van der Waals surface area (Å²) >= 11 is 1.39. The highest BCUT2D eigenvalue weighted by atomic mass is 32.2. The number of amides is 1. The van der Waals surface area contributed by atoms with Crippen LogP contribution >= 0.6 is 11.8 Å². The number of imidazole rings is 1. The first-order valence-corrected chi connectivity index (χ1v) is 12.0. The maximum Gasteiger partial charge on any atom is 0.271 e. The van der Waals surface area contributed by atoms with E-state index in [1.807, 2.05) is 73.1 Å². The van der Waals surface area contributed by atoms with Gasteiger partial charge in [-0.3, -0.25) is 9.69 Å². The van der Waals surface area contributed by atoms with Crippen LogP contribution in [0.15, 0.2) is 70.6 Å². The fourth-order valence-corrected chi connectivity index (χ4v) is 5.07. The van der Waals surface area contributed by atoms with Gasteiger partial charge in [-0.1, -0.05) is 36.4 Å². The molecule has 0 bridgehead atoms. The summed E-state index contributed by atoms with van der Waals surface area (Å²) in [5, 5.41) is 0.650. The second-order valence-electron chi connectivity index (χ2n) is 8.60. The summed E-state index contributed by atoms with van der Waals surface area (Å²) in [7, 11) is 1.97. The summed E-state index contributed by atoms with van der Waals surface area (Å²) in [4.78, 5) is 25.8. The van der Waals surface area contributed by atoms with Gasteiger partial charge in [0.15, 0.2) is 5.17 Å². The third kappa shape index (κ3) is 3.74. The van der Waals surface area contributed by atoms with Crippen molar-refractivity contribution in [2.75, 3.05) is 4.90 Å². The zero-order valence-electron chi connectivity index (χ0n) is 20.0. The Labute approximate surface area is 203 Å². The molecule has 1 aliphatic rings. The fourth-order valence-electron chi connectivity index (χ4n) is 4.11. The number of thioether (sulfide) groups is 1. The predicted octanol–water partition coefficient (Wildman–Crippen LogP) is 6.62. The summed E-state index contributed by atoms with van der Waals surface area (Å²) in [5.41, 5.74) is 8.14. The highest BCUT2D eigenvalue weighted by Crippen LogP contribution is 2.39. The number of fused-ring (bicyclic) bond motifs is 1. The molecule has 0 radical (unpaired) electrons. The molecule has 0 spiro atoms. The van der Waals surface area contributed by atoms with Gasteiger partial charge in [-0.15, -0.1) is 0 Å². The first-order valence-electron chi connectivity index (χ1n) is 11.2. The van der Waals surface area contributed by atoms with Gasteiger partial charge in [0.2, 0.25) is 0 Å². The van der Waals surface area contributed by atoms with Gasteiger partial charge >= 0.3 is 0 Å².